The van der Waals surface area contributed by atoms with E-state index in [2.05, 4.69) is 28.2 Å². The largest absolute Gasteiger partial charge is 0.253 e. The van der Waals surface area contributed by atoms with Gasteiger partial charge in [0.25, 0.3) is 0 Å². The molecule has 0 amide bonds. The van der Waals surface area contributed by atoms with E-state index in [1.807, 2.05) is 6.07 Å². The minimum Gasteiger partial charge on any atom is -0.253 e. The summed E-state index contributed by atoms with van der Waals surface area (Å²) in [6.07, 6.45) is 8.80. The van der Waals surface area contributed by atoms with Gasteiger partial charge in [0.2, 0.25) is 0 Å². The highest BCUT2D eigenvalue weighted by Gasteiger charge is 2.09. The Labute approximate surface area is 76.0 Å². The van der Waals surface area contributed by atoms with E-state index in [9.17, 15) is 0 Å². The maximum atomic E-state index is 4.34. The minimum absolute atomic E-state index is 0.979. The monoisotopic (exact) mass is 168 g/mol. The van der Waals surface area contributed by atoms with Crippen LogP contribution in [0.15, 0.2) is 30.6 Å². The standard InChI is InChI=1S/C11H8N2/c1-2-8-4-5-10-11(9(8)3-1)13-7-6-12-10/h1,3-7H,2H2. The second kappa shape index (κ2) is 2.39. The van der Waals surface area contributed by atoms with E-state index in [-0.39, 0.29) is 0 Å². The lowest BCUT2D eigenvalue weighted by molar-refractivity contribution is 1.26. The lowest BCUT2D eigenvalue weighted by Gasteiger charge is -2.01. The SMILES string of the molecule is C1=Cc2c(ccc3nccnc23)C1. The van der Waals surface area contributed by atoms with Gasteiger partial charge in [-0.2, -0.15) is 0 Å². The summed E-state index contributed by atoms with van der Waals surface area (Å²) in [7, 11) is 0. The van der Waals surface area contributed by atoms with Gasteiger partial charge >= 0.3 is 0 Å². The third-order valence-corrected chi connectivity index (χ3v) is 2.39. The highest BCUT2D eigenvalue weighted by molar-refractivity contribution is 5.87. The highest BCUT2D eigenvalue weighted by atomic mass is 14.8. The number of fused-ring (bicyclic) bond motifs is 3. The lowest BCUT2D eigenvalue weighted by atomic mass is 10.1. The molecule has 0 unspecified atom stereocenters. The molecule has 0 fully saturated rings. The summed E-state index contributed by atoms with van der Waals surface area (Å²) in [5.74, 6) is 0. The van der Waals surface area contributed by atoms with Crippen LogP contribution in [0.25, 0.3) is 17.1 Å². The molecule has 2 aromatic rings. The maximum Gasteiger partial charge on any atom is 0.0961 e. The van der Waals surface area contributed by atoms with Gasteiger partial charge < -0.3 is 0 Å². The Morgan fingerprint density at radius 2 is 2.00 bits per heavy atom. The van der Waals surface area contributed by atoms with Crippen molar-refractivity contribution in [2.45, 2.75) is 6.42 Å². The Balaban J connectivity index is 2.49. The second-order valence-corrected chi connectivity index (χ2v) is 3.17. The molecule has 13 heavy (non-hydrogen) atoms. The van der Waals surface area contributed by atoms with Crippen molar-refractivity contribution in [2.24, 2.45) is 0 Å². The number of allylic oxidation sites excluding steroid dienone is 1. The van der Waals surface area contributed by atoms with E-state index in [0.717, 1.165) is 17.5 Å². The maximum absolute atomic E-state index is 4.34. The first kappa shape index (κ1) is 6.78. The molecule has 0 N–H and O–H groups in total. The van der Waals surface area contributed by atoms with Gasteiger partial charge in [0.15, 0.2) is 0 Å². The van der Waals surface area contributed by atoms with Crippen molar-refractivity contribution in [3.63, 3.8) is 0 Å². The Bertz CT molecular complexity index is 500. The van der Waals surface area contributed by atoms with Crippen molar-refractivity contribution in [1.29, 1.82) is 0 Å². The zero-order valence-electron chi connectivity index (χ0n) is 7.07. The van der Waals surface area contributed by atoms with Gasteiger partial charge in [-0.25, -0.2) is 0 Å². The van der Waals surface area contributed by atoms with Crippen LogP contribution in [0, 0.1) is 0 Å². The van der Waals surface area contributed by atoms with E-state index < -0.39 is 0 Å². The molecule has 3 rings (SSSR count). The van der Waals surface area contributed by atoms with Crippen LogP contribution in [0.3, 0.4) is 0 Å². The smallest absolute Gasteiger partial charge is 0.0961 e. The summed E-state index contributed by atoms with van der Waals surface area (Å²) in [4.78, 5) is 8.60. The summed E-state index contributed by atoms with van der Waals surface area (Å²) in [6, 6.07) is 4.17. The number of rotatable bonds is 0. The number of hydrogen-bond donors (Lipinski definition) is 0. The molecule has 62 valence electrons. The van der Waals surface area contributed by atoms with Gasteiger partial charge in [0, 0.05) is 18.0 Å². The molecule has 0 atom stereocenters. The van der Waals surface area contributed by atoms with Gasteiger partial charge in [0.05, 0.1) is 11.0 Å². The number of nitrogens with zero attached hydrogens (tertiary/aromatic N) is 2. The average Bonchev–Trinajstić information content (AvgIpc) is 2.65. The van der Waals surface area contributed by atoms with Gasteiger partial charge in [-0.3, -0.25) is 9.97 Å². The molecule has 0 saturated carbocycles. The molecule has 1 heterocycles. The Kier molecular flexibility index (Phi) is 1.25. The zero-order valence-corrected chi connectivity index (χ0v) is 7.07. The number of hydrogen-bond acceptors (Lipinski definition) is 2. The summed E-state index contributed by atoms with van der Waals surface area (Å²) in [6.45, 7) is 0. The van der Waals surface area contributed by atoms with Crippen LogP contribution >= 0.6 is 0 Å². The first-order valence-corrected chi connectivity index (χ1v) is 4.34. The van der Waals surface area contributed by atoms with Crippen LogP contribution in [0.4, 0.5) is 0 Å². The fraction of sp³-hybridized carbons (Fsp3) is 0.0909. The fourth-order valence-corrected chi connectivity index (χ4v) is 1.77. The van der Waals surface area contributed by atoms with E-state index in [1.165, 1.54) is 11.1 Å². The molecule has 0 saturated heterocycles. The van der Waals surface area contributed by atoms with Crippen molar-refractivity contribution >= 4 is 17.1 Å². The second-order valence-electron chi connectivity index (χ2n) is 3.17. The highest BCUT2D eigenvalue weighted by Crippen LogP contribution is 2.25. The Hall–Kier alpha value is -1.70. The van der Waals surface area contributed by atoms with Crippen LogP contribution in [0.2, 0.25) is 0 Å². The summed E-state index contributed by atoms with van der Waals surface area (Å²) < 4.78 is 0. The quantitative estimate of drug-likeness (QED) is 0.602. The molecular weight excluding hydrogens is 160 g/mol. The Morgan fingerprint density at radius 3 is 3.00 bits per heavy atom. The minimum atomic E-state index is 0.979. The first-order chi connectivity index (χ1) is 6.45. The molecule has 0 radical (unpaired) electrons. The van der Waals surface area contributed by atoms with Crippen molar-refractivity contribution in [3.8, 4) is 0 Å². The van der Waals surface area contributed by atoms with Crippen molar-refractivity contribution in [1.82, 2.24) is 9.97 Å². The summed E-state index contributed by atoms with van der Waals surface area (Å²) in [5, 5.41) is 0. The van der Waals surface area contributed by atoms with Crippen LogP contribution in [0.1, 0.15) is 11.1 Å². The van der Waals surface area contributed by atoms with Gasteiger partial charge in [-0.05, 0) is 18.1 Å². The van der Waals surface area contributed by atoms with Crippen molar-refractivity contribution < 1.29 is 0 Å². The van der Waals surface area contributed by atoms with Gasteiger partial charge in [0.1, 0.15) is 0 Å². The van der Waals surface area contributed by atoms with E-state index >= 15 is 0 Å². The zero-order chi connectivity index (χ0) is 8.67. The molecule has 1 aromatic heterocycles. The predicted octanol–water partition coefficient (Wildman–Crippen LogP) is 2.20. The molecule has 1 aromatic carbocycles. The lowest BCUT2D eigenvalue weighted by Crippen LogP contribution is -1.88. The molecule has 1 aliphatic rings. The van der Waals surface area contributed by atoms with Crippen LogP contribution in [0.5, 0.6) is 0 Å². The van der Waals surface area contributed by atoms with E-state index in [4.69, 9.17) is 0 Å². The van der Waals surface area contributed by atoms with Gasteiger partial charge in [-0.1, -0.05) is 18.2 Å². The molecule has 2 nitrogen and oxygen atoms in total. The molecule has 1 aliphatic carbocycles. The summed E-state index contributed by atoms with van der Waals surface area (Å²) >= 11 is 0. The van der Waals surface area contributed by atoms with E-state index in [0.29, 0.717) is 0 Å². The van der Waals surface area contributed by atoms with Crippen LogP contribution < -0.4 is 0 Å². The first-order valence-electron chi connectivity index (χ1n) is 4.34. The van der Waals surface area contributed by atoms with Crippen molar-refractivity contribution in [3.05, 3.63) is 41.7 Å². The fourth-order valence-electron chi connectivity index (χ4n) is 1.77. The predicted molar refractivity (Wildman–Crippen MR) is 52.3 cm³/mol. The number of benzene rings is 1. The van der Waals surface area contributed by atoms with Gasteiger partial charge in [-0.15, -0.1) is 0 Å². The number of aromatic nitrogens is 2. The third kappa shape index (κ3) is 0.886. The van der Waals surface area contributed by atoms with Crippen LogP contribution in [-0.2, 0) is 6.42 Å². The molecule has 0 bridgehead atoms. The molecular formula is C11H8N2. The third-order valence-electron chi connectivity index (χ3n) is 2.39. The molecule has 0 aliphatic heterocycles. The Morgan fingerprint density at radius 1 is 1.08 bits per heavy atom. The summed E-state index contributed by atoms with van der Waals surface area (Å²) in [5.41, 5.74) is 4.60. The van der Waals surface area contributed by atoms with Crippen LogP contribution in [-0.4, -0.2) is 9.97 Å². The van der Waals surface area contributed by atoms with E-state index in [1.54, 1.807) is 12.4 Å². The average molecular weight is 168 g/mol. The topological polar surface area (TPSA) is 25.8 Å². The molecule has 2 heteroatoms. The van der Waals surface area contributed by atoms with Crippen molar-refractivity contribution in [2.75, 3.05) is 0 Å². The normalized spacial score (nSPS) is 13.5. The molecule has 0 spiro atoms.